The molecule has 0 fully saturated rings. The molecule has 0 radical (unpaired) electrons. The number of benzene rings is 5. The molecule has 0 spiro atoms. The SMILES string of the molecule is C=C/C(=C\C(=C/C)c1ccccc1)n1c2ccccc2c2cc3c(cc21)c1ccccc1n1c2ccccc2nc31. The first-order chi connectivity index (χ1) is 20.3. The van der Waals surface area contributed by atoms with Crippen LogP contribution in [0, 0.1) is 0 Å². The van der Waals surface area contributed by atoms with Crippen LogP contribution in [0.4, 0.5) is 0 Å². The predicted molar refractivity (Wildman–Crippen MR) is 175 cm³/mol. The van der Waals surface area contributed by atoms with E-state index in [4.69, 9.17) is 4.98 Å². The van der Waals surface area contributed by atoms with Gasteiger partial charge in [-0.05, 0) is 72.0 Å². The Morgan fingerprint density at radius 1 is 0.634 bits per heavy atom. The monoisotopic (exact) mass is 525 g/mol. The molecule has 0 aliphatic rings. The molecule has 0 N–H and O–H groups in total. The first kappa shape index (κ1) is 23.5. The van der Waals surface area contributed by atoms with E-state index in [2.05, 4.69) is 150 Å². The molecular formula is C38H27N3. The van der Waals surface area contributed by atoms with Gasteiger partial charge in [0.25, 0.3) is 0 Å². The van der Waals surface area contributed by atoms with Crippen LogP contribution in [-0.4, -0.2) is 14.0 Å². The third kappa shape index (κ3) is 3.42. The van der Waals surface area contributed by atoms with Crippen LogP contribution in [0.1, 0.15) is 12.5 Å². The summed E-state index contributed by atoms with van der Waals surface area (Å²) in [5.41, 5.74) is 9.95. The third-order valence-corrected chi connectivity index (χ3v) is 8.24. The van der Waals surface area contributed by atoms with E-state index < -0.39 is 0 Å². The first-order valence-corrected chi connectivity index (χ1v) is 14.0. The molecule has 5 aromatic carbocycles. The van der Waals surface area contributed by atoms with E-state index in [9.17, 15) is 0 Å². The molecule has 0 bridgehead atoms. The van der Waals surface area contributed by atoms with Gasteiger partial charge in [-0.1, -0.05) is 91.5 Å². The number of hydrogen-bond donors (Lipinski definition) is 0. The van der Waals surface area contributed by atoms with Gasteiger partial charge in [-0.15, -0.1) is 0 Å². The zero-order valence-electron chi connectivity index (χ0n) is 22.8. The second-order valence-corrected chi connectivity index (χ2v) is 10.4. The van der Waals surface area contributed by atoms with Gasteiger partial charge in [-0.2, -0.15) is 0 Å². The van der Waals surface area contributed by atoms with Gasteiger partial charge in [0.15, 0.2) is 0 Å². The average molecular weight is 526 g/mol. The highest BCUT2D eigenvalue weighted by Gasteiger charge is 2.18. The minimum Gasteiger partial charge on any atom is -0.309 e. The van der Waals surface area contributed by atoms with Crippen LogP contribution in [-0.2, 0) is 0 Å². The van der Waals surface area contributed by atoms with E-state index in [1.807, 2.05) is 6.08 Å². The van der Waals surface area contributed by atoms with Crippen LogP contribution in [0.25, 0.3) is 71.4 Å². The van der Waals surface area contributed by atoms with Crippen molar-refractivity contribution in [2.24, 2.45) is 0 Å². The van der Waals surface area contributed by atoms with Crippen molar-refractivity contribution in [3.8, 4) is 0 Å². The Morgan fingerprint density at radius 2 is 1.29 bits per heavy atom. The summed E-state index contributed by atoms with van der Waals surface area (Å²) in [6.45, 7) is 6.35. The fraction of sp³-hybridized carbons (Fsp3) is 0.0263. The summed E-state index contributed by atoms with van der Waals surface area (Å²) in [7, 11) is 0. The fourth-order valence-electron chi connectivity index (χ4n) is 6.39. The summed E-state index contributed by atoms with van der Waals surface area (Å²) >= 11 is 0. The van der Waals surface area contributed by atoms with E-state index in [1.165, 1.54) is 27.1 Å². The molecule has 8 rings (SSSR count). The second-order valence-electron chi connectivity index (χ2n) is 10.4. The lowest BCUT2D eigenvalue weighted by Crippen LogP contribution is -1.96. The van der Waals surface area contributed by atoms with E-state index in [1.54, 1.807) is 0 Å². The number of fused-ring (bicyclic) bond motifs is 11. The molecule has 0 amide bonds. The van der Waals surface area contributed by atoms with Crippen molar-refractivity contribution >= 4 is 71.4 Å². The quantitative estimate of drug-likeness (QED) is 0.165. The van der Waals surface area contributed by atoms with Crippen LogP contribution < -0.4 is 0 Å². The molecule has 3 aromatic heterocycles. The maximum atomic E-state index is 5.14. The van der Waals surface area contributed by atoms with Gasteiger partial charge in [0.05, 0.1) is 27.6 Å². The summed E-state index contributed by atoms with van der Waals surface area (Å²) in [6, 6.07) is 40.9. The van der Waals surface area contributed by atoms with Crippen LogP contribution in [0.15, 0.2) is 140 Å². The highest BCUT2D eigenvalue weighted by atomic mass is 15.0. The van der Waals surface area contributed by atoms with Crippen molar-refractivity contribution in [1.29, 1.82) is 0 Å². The molecule has 0 saturated carbocycles. The number of para-hydroxylation sites is 4. The Hall–Kier alpha value is -5.41. The van der Waals surface area contributed by atoms with Crippen molar-refractivity contribution < 1.29 is 0 Å². The topological polar surface area (TPSA) is 22.2 Å². The minimum atomic E-state index is 0.985. The lowest BCUT2D eigenvalue weighted by atomic mass is 10.0. The predicted octanol–water partition coefficient (Wildman–Crippen LogP) is 10.0. The standard InChI is InChI=1S/C38H27N3/c1-3-25(26-14-6-5-7-15-26)22-27(4-2)40-34-19-11-9-17-29(34)31-23-32-30(24-37(31)40)28-16-8-12-20-35(28)41-36-21-13-10-18-33(36)39-38(32)41/h3-24H,2H2,1H3/b25-3+,27-22+. The van der Waals surface area contributed by atoms with Crippen LogP contribution >= 0.6 is 0 Å². The molecule has 3 heterocycles. The van der Waals surface area contributed by atoms with Gasteiger partial charge in [0.1, 0.15) is 5.65 Å². The average Bonchev–Trinajstić information content (AvgIpc) is 3.58. The summed E-state index contributed by atoms with van der Waals surface area (Å²) in [4.78, 5) is 5.14. The van der Waals surface area contributed by atoms with Gasteiger partial charge in [-0.25, -0.2) is 4.98 Å². The maximum Gasteiger partial charge on any atom is 0.146 e. The van der Waals surface area contributed by atoms with Gasteiger partial charge in [-0.3, -0.25) is 4.40 Å². The van der Waals surface area contributed by atoms with Gasteiger partial charge >= 0.3 is 0 Å². The van der Waals surface area contributed by atoms with Crippen molar-refractivity contribution in [3.05, 3.63) is 146 Å². The van der Waals surface area contributed by atoms with E-state index >= 15 is 0 Å². The number of nitrogens with zero attached hydrogens (tertiary/aromatic N) is 3. The summed E-state index contributed by atoms with van der Waals surface area (Å²) < 4.78 is 4.66. The van der Waals surface area contributed by atoms with Crippen LogP contribution in [0.5, 0.6) is 0 Å². The largest absolute Gasteiger partial charge is 0.309 e. The molecule has 0 unspecified atom stereocenters. The number of allylic oxidation sites excluding steroid dienone is 5. The highest BCUT2D eigenvalue weighted by Crippen LogP contribution is 2.39. The molecule has 0 aliphatic carbocycles. The minimum absolute atomic E-state index is 0.985. The summed E-state index contributed by atoms with van der Waals surface area (Å²) in [5, 5.41) is 5.96. The molecule has 3 heteroatoms. The zero-order chi connectivity index (χ0) is 27.5. The highest BCUT2D eigenvalue weighted by molar-refractivity contribution is 6.22. The Kier molecular flexibility index (Phi) is 5.19. The zero-order valence-corrected chi connectivity index (χ0v) is 22.8. The van der Waals surface area contributed by atoms with Crippen LogP contribution in [0.3, 0.4) is 0 Å². The number of aromatic nitrogens is 3. The van der Waals surface area contributed by atoms with Crippen molar-refractivity contribution in [2.75, 3.05) is 0 Å². The summed E-state index contributed by atoms with van der Waals surface area (Å²) in [5.74, 6) is 0. The third-order valence-electron chi connectivity index (χ3n) is 8.24. The van der Waals surface area contributed by atoms with Crippen molar-refractivity contribution in [3.63, 3.8) is 0 Å². The van der Waals surface area contributed by atoms with Gasteiger partial charge in [0, 0.05) is 27.2 Å². The molecule has 194 valence electrons. The number of pyridine rings is 1. The second kappa shape index (κ2) is 9.07. The molecule has 41 heavy (non-hydrogen) atoms. The van der Waals surface area contributed by atoms with Gasteiger partial charge in [0.2, 0.25) is 0 Å². The maximum absolute atomic E-state index is 5.14. The molecule has 3 nitrogen and oxygen atoms in total. The molecule has 0 aliphatic heterocycles. The van der Waals surface area contributed by atoms with E-state index in [0.29, 0.717) is 0 Å². The van der Waals surface area contributed by atoms with Crippen molar-refractivity contribution in [2.45, 2.75) is 6.92 Å². The van der Waals surface area contributed by atoms with E-state index in [0.717, 1.165) is 49.9 Å². The first-order valence-electron chi connectivity index (χ1n) is 14.0. The lowest BCUT2D eigenvalue weighted by molar-refractivity contribution is 1.24. The number of hydrogen-bond acceptors (Lipinski definition) is 1. The Labute approximate surface area is 237 Å². The van der Waals surface area contributed by atoms with Crippen molar-refractivity contribution in [1.82, 2.24) is 14.0 Å². The molecule has 0 atom stereocenters. The Morgan fingerprint density at radius 3 is 2.05 bits per heavy atom. The van der Waals surface area contributed by atoms with Crippen LogP contribution in [0.2, 0.25) is 0 Å². The Bertz CT molecular complexity index is 2380. The normalized spacial score (nSPS) is 12.9. The Balaban J connectivity index is 1.53. The number of imidazole rings is 1. The van der Waals surface area contributed by atoms with Gasteiger partial charge < -0.3 is 4.57 Å². The molecular weight excluding hydrogens is 498 g/mol. The lowest BCUT2D eigenvalue weighted by Gasteiger charge is -2.13. The fourth-order valence-corrected chi connectivity index (χ4v) is 6.39. The molecule has 0 saturated heterocycles. The van der Waals surface area contributed by atoms with E-state index in [-0.39, 0.29) is 0 Å². The summed E-state index contributed by atoms with van der Waals surface area (Å²) in [6.07, 6.45) is 6.36. The molecule has 8 aromatic rings. The number of rotatable bonds is 4. The smallest absolute Gasteiger partial charge is 0.146 e.